The monoisotopic (exact) mass is 308 g/mol. The van der Waals surface area contributed by atoms with E-state index in [1.54, 1.807) is 0 Å². The van der Waals surface area contributed by atoms with E-state index in [9.17, 15) is 0 Å². The van der Waals surface area contributed by atoms with Crippen molar-refractivity contribution in [3.63, 3.8) is 0 Å². The van der Waals surface area contributed by atoms with Gasteiger partial charge in [0, 0.05) is 17.9 Å². The van der Waals surface area contributed by atoms with E-state index in [0.29, 0.717) is 17.8 Å². The van der Waals surface area contributed by atoms with Crippen LogP contribution in [0.2, 0.25) is 0 Å². The number of ether oxygens (including phenoxy) is 1. The van der Waals surface area contributed by atoms with Crippen molar-refractivity contribution in [1.82, 2.24) is 14.8 Å². The first-order valence-electron chi connectivity index (χ1n) is 8.24. The maximum atomic E-state index is 6.13. The molecule has 1 atom stereocenters. The Morgan fingerprint density at radius 3 is 2.76 bits per heavy atom. The van der Waals surface area contributed by atoms with Gasteiger partial charge in [0.25, 0.3) is 0 Å². The number of hydrogen-bond donors (Lipinski definition) is 1. The number of hydrogen-bond acceptors (Lipinski definition) is 5. The van der Waals surface area contributed by atoms with Crippen molar-refractivity contribution in [2.75, 3.05) is 6.61 Å². The summed E-state index contributed by atoms with van der Waals surface area (Å²) in [6.07, 6.45) is 9.93. The topological polar surface area (TPSA) is 66.0 Å². The highest BCUT2D eigenvalue weighted by atomic mass is 32.2. The van der Waals surface area contributed by atoms with E-state index in [-0.39, 0.29) is 5.60 Å². The summed E-state index contributed by atoms with van der Waals surface area (Å²) in [5.74, 6) is 0.947. The summed E-state index contributed by atoms with van der Waals surface area (Å²) in [4.78, 5) is 0. The molecule has 6 heteroatoms. The summed E-state index contributed by atoms with van der Waals surface area (Å²) in [6, 6.07) is 0.598. The Morgan fingerprint density at radius 2 is 2.05 bits per heavy atom. The molecule has 1 aliphatic heterocycles. The minimum Gasteiger partial charge on any atom is -0.375 e. The smallest absolute Gasteiger partial charge is 0.191 e. The maximum absolute atomic E-state index is 6.13. The van der Waals surface area contributed by atoms with Gasteiger partial charge in [-0.1, -0.05) is 24.6 Å². The summed E-state index contributed by atoms with van der Waals surface area (Å²) >= 11 is 1.91. The van der Waals surface area contributed by atoms with Gasteiger partial charge in [0.2, 0.25) is 0 Å². The molecule has 3 aliphatic rings. The molecule has 2 aliphatic carbocycles. The van der Waals surface area contributed by atoms with Crippen LogP contribution in [0, 0.1) is 0 Å². The summed E-state index contributed by atoms with van der Waals surface area (Å²) < 4.78 is 8.43. The molecule has 0 amide bonds. The van der Waals surface area contributed by atoms with Crippen molar-refractivity contribution in [2.24, 2.45) is 5.73 Å². The van der Waals surface area contributed by atoms with Gasteiger partial charge in [-0.15, -0.1) is 10.2 Å². The molecule has 1 aromatic heterocycles. The van der Waals surface area contributed by atoms with Crippen LogP contribution in [0.3, 0.4) is 0 Å². The molecule has 2 saturated carbocycles. The lowest BCUT2D eigenvalue weighted by molar-refractivity contribution is -0.0704. The van der Waals surface area contributed by atoms with Crippen LogP contribution in [0.15, 0.2) is 5.16 Å². The Kier molecular flexibility index (Phi) is 3.71. The van der Waals surface area contributed by atoms with Crippen LogP contribution in [0.1, 0.15) is 63.2 Å². The Labute approximate surface area is 130 Å². The molecule has 2 N–H and O–H groups in total. The van der Waals surface area contributed by atoms with Gasteiger partial charge in [0.05, 0.1) is 12.1 Å². The number of aromatic nitrogens is 3. The van der Waals surface area contributed by atoms with E-state index in [1.165, 1.54) is 44.9 Å². The van der Waals surface area contributed by atoms with Crippen LogP contribution < -0.4 is 5.73 Å². The molecule has 0 aromatic carbocycles. The van der Waals surface area contributed by atoms with E-state index < -0.39 is 0 Å². The number of nitrogens with zero attached hydrogens (tertiary/aromatic N) is 3. The van der Waals surface area contributed by atoms with Crippen molar-refractivity contribution in [2.45, 2.75) is 80.0 Å². The van der Waals surface area contributed by atoms with Gasteiger partial charge in [-0.05, 0) is 38.5 Å². The predicted octanol–water partition coefficient (Wildman–Crippen LogP) is 2.66. The van der Waals surface area contributed by atoms with Crippen molar-refractivity contribution in [3.05, 3.63) is 5.82 Å². The molecule has 21 heavy (non-hydrogen) atoms. The molecule has 2 heterocycles. The summed E-state index contributed by atoms with van der Waals surface area (Å²) in [5.41, 5.74) is 5.98. The zero-order valence-electron chi connectivity index (χ0n) is 12.5. The first-order chi connectivity index (χ1) is 10.3. The predicted molar refractivity (Wildman–Crippen MR) is 82.2 cm³/mol. The highest BCUT2D eigenvalue weighted by molar-refractivity contribution is 7.99. The van der Waals surface area contributed by atoms with Gasteiger partial charge in [0.1, 0.15) is 5.82 Å². The Hall–Kier alpha value is -0.590. The number of thioether (sulfide) groups is 1. The molecule has 0 bridgehead atoms. The fourth-order valence-corrected chi connectivity index (χ4v) is 5.18. The molecule has 4 rings (SSSR count). The third-order valence-electron chi connectivity index (χ3n) is 5.06. The van der Waals surface area contributed by atoms with E-state index >= 15 is 0 Å². The van der Waals surface area contributed by atoms with Crippen LogP contribution in [-0.2, 0) is 11.3 Å². The van der Waals surface area contributed by atoms with Crippen molar-refractivity contribution >= 4 is 11.8 Å². The van der Waals surface area contributed by atoms with Gasteiger partial charge in [-0.25, -0.2) is 0 Å². The molecule has 0 radical (unpaired) electrons. The Morgan fingerprint density at radius 1 is 1.24 bits per heavy atom. The average molecular weight is 308 g/mol. The molecular formula is C15H24N4OS. The maximum Gasteiger partial charge on any atom is 0.191 e. The number of nitrogens with two attached hydrogens (primary N) is 1. The van der Waals surface area contributed by atoms with Crippen molar-refractivity contribution < 1.29 is 4.74 Å². The SMILES string of the molecule is NCc1nnc(SC2CCOC3(CCCC3)C2)n1C1CC1. The van der Waals surface area contributed by atoms with Crippen LogP contribution >= 0.6 is 11.8 Å². The average Bonchev–Trinajstić information content (AvgIpc) is 3.11. The first-order valence-corrected chi connectivity index (χ1v) is 9.12. The van der Waals surface area contributed by atoms with E-state index in [4.69, 9.17) is 10.5 Å². The minimum absolute atomic E-state index is 0.178. The van der Waals surface area contributed by atoms with Gasteiger partial charge >= 0.3 is 0 Å². The van der Waals surface area contributed by atoms with Crippen LogP contribution in [0.5, 0.6) is 0 Å². The van der Waals surface area contributed by atoms with Crippen LogP contribution in [-0.4, -0.2) is 32.2 Å². The van der Waals surface area contributed by atoms with E-state index in [0.717, 1.165) is 24.0 Å². The molecule has 5 nitrogen and oxygen atoms in total. The second kappa shape index (κ2) is 5.56. The minimum atomic E-state index is 0.178. The highest BCUT2D eigenvalue weighted by Gasteiger charge is 2.41. The summed E-state index contributed by atoms with van der Waals surface area (Å²) in [5, 5.41) is 10.4. The number of rotatable bonds is 4. The first kappa shape index (κ1) is 14.0. The fraction of sp³-hybridized carbons (Fsp3) is 0.867. The molecule has 1 aromatic rings. The molecule has 3 fully saturated rings. The van der Waals surface area contributed by atoms with Gasteiger partial charge in [0.15, 0.2) is 5.16 Å². The zero-order valence-corrected chi connectivity index (χ0v) is 13.3. The van der Waals surface area contributed by atoms with Gasteiger partial charge in [-0.3, -0.25) is 0 Å². The Balaban J connectivity index is 1.49. The molecule has 1 saturated heterocycles. The van der Waals surface area contributed by atoms with Gasteiger partial charge in [-0.2, -0.15) is 0 Å². The Bertz CT molecular complexity index is 508. The lowest BCUT2D eigenvalue weighted by Gasteiger charge is -2.37. The zero-order chi connectivity index (χ0) is 14.3. The molecule has 116 valence electrons. The van der Waals surface area contributed by atoms with Gasteiger partial charge < -0.3 is 15.0 Å². The largest absolute Gasteiger partial charge is 0.375 e. The van der Waals surface area contributed by atoms with E-state index in [2.05, 4.69) is 14.8 Å². The van der Waals surface area contributed by atoms with Crippen molar-refractivity contribution in [1.29, 1.82) is 0 Å². The highest BCUT2D eigenvalue weighted by Crippen LogP contribution is 2.45. The fourth-order valence-electron chi connectivity index (χ4n) is 3.83. The molecular weight excluding hydrogens is 284 g/mol. The third-order valence-corrected chi connectivity index (χ3v) is 6.29. The summed E-state index contributed by atoms with van der Waals surface area (Å²) in [7, 11) is 0. The second-order valence-corrected chi connectivity index (χ2v) is 7.94. The normalized spacial score (nSPS) is 28.3. The quantitative estimate of drug-likeness (QED) is 0.926. The molecule has 1 unspecified atom stereocenters. The standard InChI is InChI=1S/C15H24N4OS/c16-10-13-17-18-14(19(13)11-3-4-11)21-12-5-8-20-15(9-12)6-1-2-7-15/h11-12H,1-10,16H2. The van der Waals surface area contributed by atoms with E-state index in [1.807, 2.05) is 11.8 Å². The lowest BCUT2D eigenvalue weighted by Crippen LogP contribution is -2.38. The van der Waals surface area contributed by atoms with Crippen molar-refractivity contribution in [3.8, 4) is 0 Å². The molecule has 1 spiro atoms. The third kappa shape index (κ3) is 2.73. The van der Waals surface area contributed by atoms with Crippen LogP contribution in [0.4, 0.5) is 0 Å². The van der Waals surface area contributed by atoms with Crippen LogP contribution in [0.25, 0.3) is 0 Å². The second-order valence-electron chi connectivity index (χ2n) is 6.68. The summed E-state index contributed by atoms with van der Waals surface area (Å²) in [6.45, 7) is 1.39. The lowest BCUT2D eigenvalue weighted by atomic mass is 9.92.